The minimum atomic E-state index is -1.59. The fourth-order valence-electron chi connectivity index (χ4n) is 3.74. The van der Waals surface area contributed by atoms with Gasteiger partial charge in [0.05, 0.1) is 24.1 Å². The molecule has 31 heavy (non-hydrogen) atoms. The van der Waals surface area contributed by atoms with Crippen molar-refractivity contribution in [1.82, 2.24) is 4.57 Å². The van der Waals surface area contributed by atoms with E-state index in [4.69, 9.17) is 21.4 Å². The normalized spacial score (nSPS) is 25.8. The molecular formula is C22H20N2O6S. The maximum absolute atomic E-state index is 10.7. The van der Waals surface area contributed by atoms with E-state index < -0.39 is 37.3 Å². The molecule has 1 aromatic carbocycles. The van der Waals surface area contributed by atoms with Crippen LogP contribution in [-0.2, 0) is 4.74 Å². The molecule has 0 aliphatic carbocycles. The fourth-order valence-corrected chi connectivity index (χ4v) is 4.09. The lowest BCUT2D eigenvalue weighted by molar-refractivity contribution is -0.251. The SMILES string of the molecule is N#Cc1c(-c2ccco2)cc(-c2ccccc2)n([C@@H]2O[C@H](CO)[C@@H](O)[C@H](O)[C@H]2O)c1=S. The van der Waals surface area contributed by atoms with E-state index in [-0.39, 0.29) is 10.2 Å². The molecule has 0 saturated carbocycles. The van der Waals surface area contributed by atoms with Gasteiger partial charge in [-0.1, -0.05) is 42.5 Å². The zero-order valence-corrected chi connectivity index (χ0v) is 17.0. The summed E-state index contributed by atoms with van der Waals surface area (Å²) in [5.74, 6) is 0.445. The van der Waals surface area contributed by atoms with Crippen LogP contribution in [0.15, 0.2) is 59.2 Å². The van der Waals surface area contributed by atoms with E-state index in [0.717, 1.165) is 0 Å². The van der Waals surface area contributed by atoms with Crippen LogP contribution in [0.2, 0.25) is 0 Å². The van der Waals surface area contributed by atoms with Gasteiger partial charge in [-0.15, -0.1) is 0 Å². The maximum atomic E-state index is 10.7. The van der Waals surface area contributed by atoms with E-state index in [1.165, 1.54) is 10.8 Å². The van der Waals surface area contributed by atoms with E-state index in [9.17, 15) is 25.7 Å². The van der Waals surface area contributed by atoms with Gasteiger partial charge < -0.3 is 34.1 Å². The highest BCUT2D eigenvalue weighted by Crippen LogP contribution is 2.37. The van der Waals surface area contributed by atoms with Gasteiger partial charge >= 0.3 is 0 Å². The van der Waals surface area contributed by atoms with Crippen LogP contribution in [0.5, 0.6) is 0 Å². The first-order valence-electron chi connectivity index (χ1n) is 9.57. The highest BCUT2D eigenvalue weighted by Gasteiger charge is 2.45. The van der Waals surface area contributed by atoms with Crippen LogP contribution in [-0.4, -0.2) is 56.0 Å². The topological polar surface area (TPSA) is 132 Å². The highest BCUT2D eigenvalue weighted by atomic mass is 32.1. The predicted molar refractivity (Wildman–Crippen MR) is 112 cm³/mol. The Hall–Kier alpha value is -2.84. The third kappa shape index (κ3) is 3.70. The average Bonchev–Trinajstić information content (AvgIpc) is 3.33. The van der Waals surface area contributed by atoms with Crippen molar-refractivity contribution in [3.05, 3.63) is 65.0 Å². The van der Waals surface area contributed by atoms with E-state index in [0.29, 0.717) is 22.6 Å². The summed E-state index contributed by atoms with van der Waals surface area (Å²) in [7, 11) is 0. The molecule has 5 atom stereocenters. The molecule has 3 aromatic rings. The van der Waals surface area contributed by atoms with Crippen molar-refractivity contribution in [1.29, 1.82) is 5.26 Å². The molecule has 1 aliphatic rings. The number of aliphatic hydroxyl groups is 4. The summed E-state index contributed by atoms with van der Waals surface area (Å²) in [5, 5.41) is 50.6. The molecular weight excluding hydrogens is 420 g/mol. The van der Waals surface area contributed by atoms with Crippen LogP contribution in [0.1, 0.15) is 11.8 Å². The predicted octanol–water partition coefficient (Wildman–Crippen LogP) is 1.99. The number of pyridine rings is 1. The molecule has 0 amide bonds. The Bertz CT molecular complexity index is 1150. The molecule has 1 fully saturated rings. The Labute approximate surface area is 182 Å². The van der Waals surface area contributed by atoms with Crippen molar-refractivity contribution in [2.45, 2.75) is 30.6 Å². The van der Waals surface area contributed by atoms with Crippen molar-refractivity contribution in [2.24, 2.45) is 0 Å². The number of furan rings is 1. The number of rotatable bonds is 4. The molecule has 0 radical (unpaired) electrons. The van der Waals surface area contributed by atoms with E-state index >= 15 is 0 Å². The molecule has 1 saturated heterocycles. The molecule has 0 spiro atoms. The molecule has 0 unspecified atom stereocenters. The molecule has 9 heteroatoms. The summed E-state index contributed by atoms with van der Waals surface area (Å²) in [4.78, 5) is 0. The van der Waals surface area contributed by atoms with E-state index in [1.54, 1.807) is 18.2 Å². The number of hydrogen-bond donors (Lipinski definition) is 4. The second-order valence-electron chi connectivity index (χ2n) is 7.17. The third-order valence-corrected chi connectivity index (χ3v) is 5.73. The zero-order chi connectivity index (χ0) is 22.1. The van der Waals surface area contributed by atoms with Gasteiger partial charge in [-0.25, -0.2) is 0 Å². The lowest BCUT2D eigenvalue weighted by Crippen LogP contribution is -2.56. The summed E-state index contributed by atoms with van der Waals surface area (Å²) in [6, 6.07) is 16.3. The minimum absolute atomic E-state index is 0.0552. The van der Waals surface area contributed by atoms with Crippen LogP contribution < -0.4 is 0 Å². The lowest BCUT2D eigenvalue weighted by Gasteiger charge is -2.41. The van der Waals surface area contributed by atoms with Crippen molar-refractivity contribution >= 4 is 12.2 Å². The Morgan fingerprint density at radius 3 is 2.39 bits per heavy atom. The summed E-state index contributed by atoms with van der Waals surface area (Å²) >= 11 is 5.62. The number of aromatic nitrogens is 1. The monoisotopic (exact) mass is 440 g/mol. The van der Waals surface area contributed by atoms with Crippen LogP contribution in [0.4, 0.5) is 0 Å². The molecule has 1 aliphatic heterocycles. The Morgan fingerprint density at radius 1 is 1.03 bits per heavy atom. The molecule has 3 heterocycles. The molecule has 4 N–H and O–H groups in total. The quantitative estimate of drug-likeness (QED) is 0.453. The van der Waals surface area contributed by atoms with Crippen LogP contribution in [0.25, 0.3) is 22.6 Å². The number of ether oxygens (including phenoxy) is 1. The summed E-state index contributed by atoms with van der Waals surface area (Å²) in [6.07, 6.45) is -5.55. The van der Waals surface area contributed by atoms with Gasteiger partial charge in [0.2, 0.25) is 0 Å². The van der Waals surface area contributed by atoms with E-state index in [2.05, 4.69) is 6.07 Å². The summed E-state index contributed by atoms with van der Waals surface area (Å²) in [6.45, 7) is -0.578. The first-order valence-corrected chi connectivity index (χ1v) is 9.98. The minimum Gasteiger partial charge on any atom is -0.464 e. The van der Waals surface area contributed by atoms with Gasteiger partial charge in [-0.2, -0.15) is 5.26 Å². The zero-order valence-electron chi connectivity index (χ0n) is 16.2. The average molecular weight is 440 g/mol. The molecule has 160 valence electrons. The molecule has 0 bridgehead atoms. The number of nitrogens with zero attached hydrogens (tertiary/aromatic N) is 2. The van der Waals surface area contributed by atoms with Crippen LogP contribution in [0, 0.1) is 16.0 Å². The largest absolute Gasteiger partial charge is 0.464 e. The van der Waals surface area contributed by atoms with Gasteiger partial charge in [0.15, 0.2) is 6.23 Å². The van der Waals surface area contributed by atoms with Crippen molar-refractivity contribution in [2.75, 3.05) is 6.61 Å². The number of nitriles is 1. The van der Waals surface area contributed by atoms with Crippen LogP contribution in [0.3, 0.4) is 0 Å². The summed E-state index contributed by atoms with van der Waals surface area (Å²) < 4.78 is 12.7. The first-order chi connectivity index (χ1) is 15.0. The maximum Gasteiger partial charge on any atom is 0.164 e. The second-order valence-corrected chi connectivity index (χ2v) is 7.55. The smallest absolute Gasteiger partial charge is 0.164 e. The lowest BCUT2D eigenvalue weighted by atomic mass is 9.96. The van der Waals surface area contributed by atoms with Crippen molar-refractivity contribution < 1.29 is 29.6 Å². The van der Waals surface area contributed by atoms with Gasteiger partial charge in [0.25, 0.3) is 0 Å². The van der Waals surface area contributed by atoms with Crippen molar-refractivity contribution in [3.63, 3.8) is 0 Å². The van der Waals surface area contributed by atoms with Gasteiger partial charge in [-0.3, -0.25) is 0 Å². The van der Waals surface area contributed by atoms with Crippen molar-refractivity contribution in [3.8, 4) is 28.7 Å². The number of benzene rings is 1. The van der Waals surface area contributed by atoms with Gasteiger partial charge in [0.1, 0.15) is 40.9 Å². The van der Waals surface area contributed by atoms with Gasteiger partial charge in [0, 0.05) is 5.56 Å². The molecule has 2 aromatic heterocycles. The van der Waals surface area contributed by atoms with Gasteiger partial charge in [-0.05, 0) is 23.8 Å². The number of hydrogen-bond acceptors (Lipinski definition) is 8. The third-order valence-electron chi connectivity index (χ3n) is 5.33. The van der Waals surface area contributed by atoms with Crippen LogP contribution >= 0.6 is 12.2 Å². The first kappa shape index (κ1) is 21.4. The second kappa shape index (κ2) is 8.72. The molecule has 4 rings (SSSR count). The number of aliphatic hydroxyl groups excluding tert-OH is 4. The standard InChI is InChI=1S/C22H20N2O6S/c23-10-14-13(16-7-4-8-29-16)9-15(12-5-2-1-3-6-12)24(22(14)31)21-20(28)19(27)18(26)17(11-25)30-21/h1-9,17-21,25-28H,11H2/t17-,18-,19+,20-,21-/m1/s1. The Kier molecular flexibility index (Phi) is 6.02. The Balaban J connectivity index is 1.99. The Morgan fingerprint density at radius 2 is 1.77 bits per heavy atom. The summed E-state index contributed by atoms with van der Waals surface area (Å²) in [5.41, 5.74) is 1.81. The molecule has 8 nitrogen and oxygen atoms in total. The van der Waals surface area contributed by atoms with E-state index in [1.807, 2.05) is 30.3 Å². The fraction of sp³-hybridized carbons (Fsp3) is 0.273. The highest BCUT2D eigenvalue weighted by molar-refractivity contribution is 7.71.